The second-order valence-corrected chi connectivity index (χ2v) is 7.63. The van der Waals surface area contributed by atoms with E-state index in [0.29, 0.717) is 12.0 Å². The number of guanidine groups is 1. The zero-order chi connectivity index (χ0) is 18.9. The number of nitrogens with zero attached hydrogens (tertiary/aromatic N) is 3. The summed E-state index contributed by atoms with van der Waals surface area (Å²) in [5, 5.41) is 3.39. The molecular weight excluding hydrogens is 465 g/mol. The lowest BCUT2D eigenvalue weighted by atomic mass is 9.96. The maximum atomic E-state index is 6.04. The topological polar surface area (TPSA) is 66.1 Å². The molecule has 3 rings (SSSR count). The van der Waals surface area contributed by atoms with Gasteiger partial charge in [-0.05, 0) is 43.5 Å². The minimum Gasteiger partial charge on any atom is -0.497 e. The zero-order valence-corrected chi connectivity index (χ0v) is 19.4. The molecule has 2 aliphatic rings. The van der Waals surface area contributed by atoms with Crippen molar-refractivity contribution >= 4 is 35.6 Å². The Morgan fingerprint density at radius 2 is 1.79 bits per heavy atom. The summed E-state index contributed by atoms with van der Waals surface area (Å²) in [5.41, 5.74) is 7.32. The highest BCUT2D eigenvalue weighted by Crippen LogP contribution is 2.20. The van der Waals surface area contributed by atoms with Crippen molar-refractivity contribution in [2.45, 2.75) is 44.6 Å². The number of hydrogen-bond donors (Lipinski definition) is 2. The number of hydrogen-bond acceptors (Lipinski definition) is 4. The molecule has 0 spiro atoms. The minimum atomic E-state index is 0. The van der Waals surface area contributed by atoms with Gasteiger partial charge in [0.05, 0.1) is 7.11 Å². The van der Waals surface area contributed by atoms with Crippen LogP contribution in [0.5, 0.6) is 5.75 Å². The summed E-state index contributed by atoms with van der Waals surface area (Å²) in [7, 11) is 1.71. The Balaban J connectivity index is 0.00000280. The molecule has 0 radical (unpaired) electrons. The third kappa shape index (κ3) is 7.31. The average molecular weight is 501 g/mol. The van der Waals surface area contributed by atoms with Crippen LogP contribution in [0.1, 0.15) is 38.5 Å². The van der Waals surface area contributed by atoms with Crippen molar-refractivity contribution < 1.29 is 4.74 Å². The molecule has 1 aromatic carbocycles. The van der Waals surface area contributed by atoms with Crippen LogP contribution < -0.4 is 20.7 Å². The van der Waals surface area contributed by atoms with Crippen molar-refractivity contribution in [1.82, 2.24) is 10.2 Å². The molecule has 1 aliphatic heterocycles. The third-order valence-corrected chi connectivity index (χ3v) is 5.68. The van der Waals surface area contributed by atoms with Crippen LogP contribution in [-0.4, -0.2) is 63.3 Å². The van der Waals surface area contributed by atoms with E-state index in [1.165, 1.54) is 37.8 Å². The largest absolute Gasteiger partial charge is 0.497 e. The normalized spacial score (nSPS) is 19.2. The van der Waals surface area contributed by atoms with Crippen molar-refractivity contribution in [3.63, 3.8) is 0 Å². The van der Waals surface area contributed by atoms with Crippen molar-refractivity contribution in [3.8, 4) is 5.75 Å². The molecule has 3 N–H and O–H groups in total. The Kier molecular flexibility index (Phi) is 10.2. The first kappa shape index (κ1) is 23.1. The molecule has 2 fully saturated rings. The fourth-order valence-corrected chi connectivity index (χ4v) is 4.02. The van der Waals surface area contributed by atoms with Gasteiger partial charge in [0.1, 0.15) is 5.75 Å². The van der Waals surface area contributed by atoms with Gasteiger partial charge in [0.15, 0.2) is 5.96 Å². The summed E-state index contributed by atoms with van der Waals surface area (Å²) in [6.07, 6.45) is 7.51. The number of rotatable bonds is 7. The van der Waals surface area contributed by atoms with Crippen LogP contribution in [-0.2, 0) is 0 Å². The first-order valence-electron chi connectivity index (χ1n) is 10.4. The summed E-state index contributed by atoms with van der Waals surface area (Å²) >= 11 is 0. The minimum absolute atomic E-state index is 0. The molecule has 158 valence electrons. The molecule has 6 nitrogen and oxygen atoms in total. The smallest absolute Gasteiger partial charge is 0.188 e. The number of halogens is 1. The van der Waals surface area contributed by atoms with Gasteiger partial charge in [-0.1, -0.05) is 19.3 Å². The van der Waals surface area contributed by atoms with E-state index >= 15 is 0 Å². The second kappa shape index (κ2) is 12.4. The van der Waals surface area contributed by atoms with Crippen LogP contribution in [0.15, 0.2) is 29.3 Å². The van der Waals surface area contributed by atoms with Gasteiger partial charge < -0.3 is 20.7 Å². The Hall–Kier alpha value is -1.22. The van der Waals surface area contributed by atoms with Gasteiger partial charge in [-0.25, -0.2) is 0 Å². The van der Waals surface area contributed by atoms with E-state index in [4.69, 9.17) is 10.5 Å². The first-order valence-corrected chi connectivity index (χ1v) is 10.4. The van der Waals surface area contributed by atoms with Crippen molar-refractivity contribution in [1.29, 1.82) is 0 Å². The summed E-state index contributed by atoms with van der Waals surface area (Å²) in [6.45, 7) is 6.25. The molecule has 0 atom stereocenters. The molecule has 7 heteroatoms. The van der Waals surface area contributed by atoms with Crippen LogP contribution in [0.25, 0.3) is 0 Å². The number of methoxy groups -OCH3 is 1. The van der Waals surface area contributed by atoms with Gasteiger partial charge in [0.2, 0.25) is 0 Å². The van der Waals surface area contributed by atoms with Crippen LogP contribution in [0, 0.1) is 0 Å². The molecular formula is C21H36IN5O. The lowest BCUT2D eigenvalue weighted by molar-refractivity contribution is 0.256. The van der Waals surface area contributed by atoms with E-state index < -0.39 is 0 Å². The van der Waals surface area contributed by atoms with Gasteiger partial charge in [-0.2, -0.15) is 0 Å². The highest BCUT2D eigenvalue weighted by Gasteiger charge is 2.17. The van der Waals surface area contributed by atoms with E-state index in [1.54, 1.807) is 7.11 Å². The van der Waals surface area contributed by atoms with E-state index in [1.807, 2.05) is 12.1 Å². The molecule has 1 aliphatic carbocycles. The Labute approximate surface area is 186 Å². The van der Waals surface area contributed by atoms with Crippen molar-refractivity contribution in [2.24, 2.45) is 10.7 Å². The SMILES string of the molecule is COc1ccc(N2CCN(CCCN=C(N)NC3CCCCC3)CC2)cc1.I. The fourth-order valence-electron chi connectivity index (χ4n) is 4.02. The van der Waals surface area contributed by atoms with Gasteiger partial charge in [0.25, 0.3) is 0 Å². The van der Waals surface area contributed by atoms with Gasteiger partial charge >= 0.3 is 0 Å². The molecule has 1 saturated heterocycles. The molecule has 1 heterocycles. The second-order valence-electron chi connectivity index (χ2n) is 7.63. The summed E-state index contributed by atoms with van der Waals surface area (Å²) in [5.74, 6) is 1.54. The van der Waals surface area contributed by atoms with Crippen molar-refractivity contribution in [2.75, 3.05) is 51.3 Å². The first-order chi connectivity index (χ1) is 13.2. The monoisotopic (exact) mass is 501 g/mol. The molecule has 0 bridgehead atoms. The Morgan fingerprint density at radius 1 is 1.11 bits per heavy atom. The predicted molar refractivity (Wildman–Crippen MR) is 128 cm³/mol. The maximum Gasteiger partial charge on any atom is 0.188 e. The highest BCUT2D eigenvalue weighted by atomic mass is 127. The number of anilines is 1. The summed E-state index contributed by atoms with van der Waals surface area (Å²) in [6, 6.07) is 8.89. The Bertz CT molecular complexity index is 581. The average Bonchev–Trinajstić information content (AvgIpc) is 2.72. The van der Waals surface area contributed by atoms with E-state index in [2.05, 4.69) is 32.2 Å². The maximum absolute atomic E-state index is 6.04. The van der Waals surface area contributed by atoms with Crippen LogP contribution in [0.4, 0.5) is 5.69 Å². The van der Waals surface area contributed by atoms with E-state index in [9.17, 15) is 0 Å². The fraction of sp³-hybridized carbons (Fsp3) is 0.667. The summed E-state index contributed by atoms with van der Waals surface area (Å²) in [4.78, 5) is 9.49. The number of nitrogens with one attached hydrogen (secondary N) is 1. The highest BCUT2D eigenvalue weighted by molar-refractivity contribution is 14.0. The number of piperazine rings is 1. The van der Waals surface area contributed by atoms with Crippen LogP contribution in [0.2, 0.25) is 0 Å². The van der Waals surface area contributed by atoms with Crippen LogP contribution in [0.3, 0.4) is 0 Å². The lowest BCUT2D eigenvalue weighted by Crippen LogP contribution is -2.46. The molecule has 1 saturated carbocycles. The lowest BCUT2D eigenvalue weighted by Gasteiger charge is -2.36. The number of ether oxygens (including phenoxy) is 1. The molecule has 0 aromatic heterocycles. The van der Waals surface area contributed by atoms with Crippen molar-refractivity contribution in [3.05, 3.63) is 24.3 Å². The molecule has 0 amide bonds. The number of benzene rings is 1. The molecule has 1 aromatic rings. The van der Waals surface area contributed by atoms with Crippen LogP contribution >= 0.6 is 24.0 Å². The zero-order valence-electron chi connectivity index (χ0n) is 17.1. The number of aliphatic imine (C=N–C) groups is 1. The van der Waals surface area contributed by atoms with Gasteiger partial charge in [-0.15, -0.1) is 24.0 Å². The van der Waals surface area contributed by atoms with Gasteiger partial charge in [-0.3, -0.25) is 9.89 Å². The Morgan fingerprint density at radius 3 is 2.43 bits per heavy atom. The van der Waals surface area contributed by atoms with E-state index in [-0.39, 0.29) is 24.0 Å². The predicted octanol–water partition coefficient (Wildman–Crippen LogP) is 3.06. The quantitative estimate of drug-likeness (QED) is 0.260. The van der Waals surface area contributed by atoms with Gasteiger partial charge in [0, 0.05) is 51.0 Å². The summed E-state index contributed by atoms with van der Waals surface area (Å²) < 4.78 is 5.24. The molecule has 0 unspecified atom stereocenters. The molecule has 28 heavy (non-hydrogen) atoms. The number of nitrogens with two attached hydrogens (primary N) is 1. The van der Waals surface area contributed by atoms with E-state index in [0.717, 1.165) is 51.4 Å². The third-order valence-electron chi connectivity index (χ3n) is 5.68. The standard InChI is InChI=1S/C21H35N5O.HI/c1-27-20-10-8-19(9-11-20)26-16-14-25(15-17-26)13-5-12-23-21(22)24-18-6-3-2-4-7-18;/h8-11,18H,2-7,12-17H2,1H3,(H3,22,23,24);1H.